The molecular formula is C23H25ClN4O3S. The molecule has 0 spiro atoms. The summed E-state index contributed by atoms with van der Waals surface area (Å²) in [5, 5.41) is 5.13. The van der Waals surface area contributed by atoms with Crippen LogP contribution in [0.15, 0.2) is 52.4 Å². The molecule has 168 valence electrons. The number of carbonyl (C=O) groups is 2. The molecular weight excluding hydrogens is 448 g/mol. The van der Waals surface area contributed by atoms with E-state index in [0.717, 1.165) is 18.2 Å². The first-order valence-corrected chi connectivity index (χ1v) is 11.5. The lowest BCUT2D eigenvalue weighted by atomic mass is 9.98. The van der Waals surface area contributed by atoms with Crippen LogP contribution >= 0.6 is 23.4 Å². The SMILES string of the molecule is CCC(C)c1ccc(-n2c(SC(C)C(=O)NC(=O)NC)nc3cc(Cl)ccc3c2=O)cc1. The Morgan fingerprint density at radius 2 is 1.84 bits per heavy atom. The molecule has 0 fully saturated rings. The molecule has 0 aliphatic carbocycles. The van der Waals surface area contributed by atoms with Crippen molar-refractivity contribution in [2.45, 2.75) is 43.5 Å². The number of halogens is 1. The van der Waals surface area contributed by atoms with Crippen LogP contribution in [0.25, 0.3) is 16.6 Å². The van der Waals surface area contributed by atoms with Crippen molar-refractivity contribution < 1.29 is 9.59 Å². The lowest BCUT2D eigenvalue weighted by Gasteiger charge is -2.17. The Kier molecular flexibility index (Phi) is 7.58. The van der Waals surface area contributed by atoms with Gasteiger partial charge in [0, 0.05) is 12.1 Å². The molecule has 0 aliphatic rings. The van der Waals surface area contributed by atoms with Crippen molar-refractivity contribution in [3.8, 4) is 5.69 Å². The molecule has 2 aromatic carbocycles. The number of urea groups is 1. The third-order valence-electron chi connectivity index (χ3n) is 5.25. The van der Waals surface area contributed by atoms with Crippen LogP contribution in [0.4, 0.5) is 4.79 Å². The monoisotopic (exact) mass is 472 g/mol. The minimum absolute atomic E-state index is 0.260. The van der Waals surface area contributed by atoms with Crippen LogP contribution in [-0.2, 0) is 4.79 Å². The van der Waals surface area contributed by atoms with Gasteiger partial charge in [0.1, 0.15) is 0 Å². The summed E-state index contributed by atoms with van der Waals surface area (Å²) < 4.78 is 1.49. The minimum Gasteiger partial charge on any atom is -0.341 e. The van der Waals surface area contributed by atoms with Gasteiger partial charge in [-0.15, -0.1) is 0 Å². The number of rotatable bonds is 6. The molecule has 1 aromatic heterocycles. The number of amides is 3. The number of fused-ring (bicyclic) bond motifs is 1. The first-order chi connectivity index (χ1) is 15.2. The minimum atomic E-state index is -0.679. The van der Waals surface area contributed by atoms with Gasteiger partial charge < -0.3 is 5.32 Å². The maximum Gasteiger partial charge on any atom is 0.321 e. The number of benzene rings is 2. The Bertz CT molecular complexity index is 1210. The average molecular weight is 473 g/mol. The van der Waals surface area contributed by atoms with Crippen molar-refractivity contribution in [3.05, 3.63) is 63.4 Å². The van der Waals surface area contributed by atoms with E-state index in [1.165, 1.54) is 17.2 Å². The molecule has 1 heterocycles. The summed E-state index contributed by atoms with van der Waals surface area (Å²) in [6.45, 7) is 5.92. The molecule has 0 aliphatic heterocycles. The lowest BCUT2D eigenvalue weighted by Crippen LogP contribution is -2.41. The second-order valence-electron chi connectivity index (χ2n) is 7.43. The quantitative estimate of drug-likeness (QED) is 0.407. The van der Waals surface area contributed by atoms with E-state index in [1.54, 1.807) is 25.1 Å². The van der Waals surface area contributed by atoms with Gasteiger partial charge in [-0.1, -0.05) is 49.3 Å². The Hall–Kier alpha value is -2.84. The highest BCUT2D eigenvalue weighted by Crippen LogP contribution is 2.27. The van der Waals surface area contributed by atoms with Crippen LogP contribution in [-0.4, -0.2) is 33.8 Å². The normalized spacial score (nSPS) is 12.9. The Balaban J connectivity index is 2.10. The third kappa shape index (κ3) is 5.14. The number of thioether (sulfide) groups is 1. The largest absolute Gasteiger partial charge is 0.341 e. The highest BCUT2D eigenvalue weighted by atomic mass is 35.5. The number of aromatic nitrogens is 2. The molecule has 0 saturated heterocycles. The first kappa shape index (κ1) is 23.8. The van der Waals surface area contributed by atoms with E-state index in [-0.39, 0.29) is 5.56 Å². The topological polar surface area (TPSA) is 93.1 Å². The van der Waals surface area contributed by atoms with Crippen molar-refractivity contribution in [1.29, 1.82) is 0 Å². The predicted octanol–water partition coefficient (Wildman–Crippen LogP) is 4.49. The third-order valence-corrected chi connectivity index (χ3v) is 6.54. The zero-order chi connectivity index (χ0) is 23.4. The van der Waals surface area contributed by atoms with E-state index in [2.05, 4.69) is 29.5 Å². The van der Waals surface area contributed by atoms with Crippen LogP contribution in [0.2, 0.25) is 5.02 Å². The van der Waals surface area contributed by atoms with Crippen molar-refractivity contribution in [3.63, 3.8) is 0 Å². The second kappa shape index (κ2) is 10.2. The number of hydrogen-bond acceptors (Lipinski definition) is 5. The number of imide groups is 1. The molecule has 0 bridgehead atoms. The molecule has 7 nitrogen and oxygen atoms in total. The van der Waals surface area contributed by atoms with Gasteiger partial charge in [-0.25, -0.2) is 9.78 Å². The van der Waals surface area contributed by atoms with Gasteiger partial charge in [0.15, 0.2) is 5.16 Å². The molecule has 3 rings (SSSR count). The summed E-state index contributed by atoms with van der Waals surface area (Å²) in [5.41, 5.74) is 2.01. The van der Waals surface area contributed by atoms with Gasteiger partial charge in [-0.3, -0.25) is 19.5 Å². The summed E-state index contributed by atoms with van der Waals surface area (Å²) in [6, 6.07) is 12.1. The van der Waals surface area contributed by atoms with Crippen LogP contribution in [0.5, 0.6) is 0 Å². The van der Waals surface area contributed by atoms with Crippen molar-refractivity contribution in [2.75, 3.05) is 7.05 Å². The predicted molar refractivity (Wildman–Crippen MR) is 129 cm³/mol. The van der Waals surface area contributed by atoms with Crippen LogP contribution in [0.3, 0.4) is 0 Å². The van der Waals surface area contributed by atoms with Gasteiger partial charge in [-0.2, -0.15) is 0 Å². The smallest absolute Gasteiger partial charge is 0.321 e. The fourth-order valence-electron chi connectivity index (χ4n) is 3.12. The van der Waals surface area contributed by atoms with Crippen molar-refractivity contribution in [2.24, 2.45) is 0 Å². The van der Waals surface area contributed by atoms with Crippen molar-refractivity contribution >= 4 is 46.2 Å². The first-order valence-electron chi connectivity index (χ1n) is 10.3. The van der Waals surface area contributed by atoms with Gasteiger partial charge in [0.2, 0.25) is 5.91 Å². The number of nitrogens with one attached hydrogen (secondary N) is 2. The van der Waals surface area contributed by atoms with Crippen LogP contribution < -0.4 is 16.2 Å². The summed E-state index contributed by atoms with van der Waals surface area (Å²) in [4.78, 5) is 41.9. The van der Waals surface area contributed by atoms with Crippen LogP contribution in [0, 0.1) is 0 Å². The molecule has 2 N–H and O–H groups in total. The Morgan fingerprint density at radius 3 is 2.47 bits per heavy atom. The highest BCUT2D eigenvalue weighted by Gasteiger charge is 2.21. The fraction of sp³-hybridized carbons (Fsp3) is 0.304. The van der Waals surface area contributed by atoms with E-state index in [4.69, 9.17) is 11.6 Å². The summed E-state index contributed by atoms with van der Waals surface area (Å²) in [5.74, 6) is -0.0895. The van der Waals surface area contributed by atoms with E-state index >= 15 is 0 Å². The molecule has 2 unspecified atom stereocenters. The van der Waals surface area contributed by atoms with Gasteiger partial charge >= 0.3 is 6.03 Å². The molecule has 2 atom stereocenters. The zero-order valence-corrected chi connectivity index (χ0v) is 19.9. The van der Waals surface area contributed by atoms with Crippen molar-refractivity contribution in [1.82, 2.24) is 20.2 Å². The maximum atomic E-state index is 13.4. The molecule has 0 radical (unpaired) electrons. The van der Waals surface area contributed by atoms with Gasteiger partial charge in [-0.05, 0) is 55.2 Å². The molecule has 0 saturated carbocycles. The van der Waals surface area contributed by atoms with E-state index < -0.39 is 17.2 Å². The Morgan fingerprint density at radius 1 is 1.16 bits per heavy atom. The maximum absolute atomic E-state index is 13.4. The van der Waals surface area contributed by atoms with E-state index in [0.29, 0.717) is 32.7 Å². The van der Waals surface area contributed by atoms with Gasteiger partial charge in [0.05, 0.1) is 21.8 Å². The fourth-order valence-corrected chi connectivity index (χ4v) is 4.21. The number of nitrogens with zero attached hydrogens (tertiary/aromatic N) is 2. The molecule has 3 amide bonds. The van der Waals surface area contributed by atoms with E-state index in [9.17, 15) is 14.4 Å². The van der Waals surface area contributed by atoms with E-state index in [1.807, 2.05) is 24.3 Å². The molecule has 3 aromatic rings. The summed E-state index contributed by atoms with van der Waals surface area (Å²) in [6.07, 6.45) is 1.01. The Labute approximate surface area is 195 Å². The molecule has 32 heavy (non-hydrogen) atoms. The highest BCUT2D eigenvalue weighted by molar-refractivity contribution is 8.00. The second-order valence-corrected chi connectivity index (χ2v) is 9.17. The lowest BCUT2D eigenvalue weighted by molar-refractivity contribution is -0.119. The summed E-state index contributed by atoms with van der Waals surface area (Å²) >= 11 is 7.20. The standard InChI is InChI=1S/C23H25ClN4O3S/c1-5-13(2)15-6-9-17(10-7-15)28-21(30)18-11-8-16(24)12-19(18)26-23(28)32-14(3)20(29)27-22(31)25-4/h6-14H,5H2,1-4H3,(H2,25,27,29,31). The summed E-state index contributed by atoms with van der Waals surface area (Å²) in [7, 11) is 1.43. The number of carbonyl (C=O) groups excluding carboxylic acids is 2. The average Bonchev–Trinajstić information content (AvgIpc) is 2.78. The van der Waals surface area contributed by atoms with Gasteiger partial charge in [0.25, 0.3) is 5.56 Å². The zero-order valence-electron chi connectivity index (χ0n) is 18.3. The molecule has 9 heteroatoms. The van der Waals surface area contributed by atoms with Crippen LogP contribution in [0.1, 0.15) is 38.7 Å². The number of hydrogen-bond donors (Lipinski definition) is 2.